The summed E-state index contributed by atoms with van der Waals surface area (Å²) >= 11 is 0. The van der Waals surface area contributed by atoms with Crippen LogP contribution in [0.2, 0.25) is 0 Å². The van der Waals surface area contributed by atoms with Crippen molar-refractivity contribution >= 4 is 9.84 Å². The van der Waals surface area contributed by atoms with E-state index < -0.39 is 15.6 Å². The van der Waals surface area contributed by atoms with E-state index in [1.165, 1.54) is 0 Å². The molecular formula is C5H11NO3S. The molecule has 4 nitrogen and oxygen atoms in total. The van der Waals surface area contributed by atoms with Crippen molar-refractivity contribution in [1.29, 1.82) is 0 Å². The van der Waals surface area contributed by atoms with Gasteiger partial charge in [0, 0.05) is 12.8 Å². The molecule has 1 rings (SSSR count). The summed E-state index contributed by atoms with van der Waals surface area (Å²) in [6.45, 7) is 0. The molecular weight excluding hydrogens is 154 g/mol. The molecule has 3 N–H and O–H groups in total. The highest BCUT2D eigenvalue weighted by Gasteiger charge is 2.31. The molecule has 0 radical (unpaired) electrons. The van der Waals surface area contributed by atoms with Crippen molar-refractivity contribution in [2.45, 2.75) is 18.6 Å². The summed E-state index contributed by atoms with van der Waals surface area (Å²) in [5, 5.41) is 9.12. The molecule has 0 aromatic carbocycles. The number of nitrogens with two attached hydrogens (primary N) is 1. The van der Waals surface area contributed by atoms with E-state index in [9.17, 15) is 8.42 Å². The van der Waals surface area contributed by atoms with E-state index >= 15 is 0 Å². The van der Waals surface area contributed by atoms with Crippen LogP contribution in [0.1, 0.15) is 12.8 Å². The molecule has 0 atom stereocenters. The van der Waals surface area contributed by atoms with Gasteiger partial charge in [0.15, 0.2) is 9.84 Å². The molecule has 5 heteroatoms. The fraction of sp³-hybridized carbons (Fsp3) is 1.00. The summed E-state index contributed by atoms with van der Waals surface area (Å²) in [4.78, 5) is 0. The Kier molecular flexibility index (Phi) is 1.74. The summed E-state index contributed by atoms with van der Waals surface area (Å²) in [6.07, 6.45) is 0.324. The van der Waals surface area contributed by atoms with Crippen molar-refractivity contribution in [2.75, 3.05) is 11.5 Å². The Bertz CT molecular complexity index is 203. The highest BCUT2D eigenvalue weighted by atomic mass is 32.2. The smallest absolute Gasteiger partial charge is 0.150 e. The van der Waals surface area contributed by atoms with Gasteiger partial charge in [-0.3, -0.25) is 0 Å². The minimum Gasteiger partial charge on any atom is -0.376 e. The Morgan fingerprint density at radius 2 is 1.70 bits per heavy atom. The number of hydrogen-bond acceptors (Lipinski definition) is 4. The molecule has 1 heterocycles. The standard InChI is InChI=1S/C5H11NO3S/c6-5(7)1-3-10(8,9)4-2-5/h7H,1-4,6H2. The third kappa shape index (κ3) is 1.93. The van der Waals surface area contributed by atoms with E-state index in [1.807, 2.05) is 0 Å². The van der Waals surface area contributed by atoms with Gasteiger partial charge in [0.25, 0.3) is 0 Å². The molecule has 0 bridgehead atoms. The van der Waals surface area contributed by atoms with Crippen LogP contribution < -0.4 is 5.73 Å². The lowest BCUT2D eigenvalue weighted by atomic mass is 10.1. The Morgan fingerprint density at radius 3 is 2.00 bits per heavy atom. The fourth-order valence-corrected chi connectivity index (χ4v) is 2.42. The predicted octanol–water partition coefficient (Wildman–Crippen LogP) is -1.16. The molecule has 0 aliphatic carbocycles. The first-order valence-corrected chi connectivity index (χ1v) is 4.95. The molecule has 0 saturated carbocycles. The van der Waals surface area contributed by atoms with Crippen LogP contribution in [0, 0.1) is 0 Å². The summed E-state index contributed by atoms with van der Waals surface area (Å²) in [5.41, 5.74) is 4.05. The lowest BCUT2D eigenvalue weighted by molar-refractivity contribution is 0.0370. The number of rotatable bonds is 0. The Morgan fingerprint density at radius 1 is 1.30 bits per heavy atom. The minimum absolute atomic E-state index is 0.0139. The van der Waals surface area contributed by atoms with Crippen LogP contribution in [-0.4, -0.2) is 30.8 Å². The van der Waals surface area contributed by atoms with E-state index in [2.05, 4.69) is 0 Å². The summed E-state index contributed by atoms with van der Waals surface area (Å²) in [7, 11) is -2.89. The van der Waals surface area contributed by atoms with Gasteiger partial charge in [-0.2, -0.15) is 0 Å². The lowest BCUT2D eigenvalue weighted by Crippen LogP contribution is -2.46. The van der Waals surface area contributed by atoms with Crippen LogP contribution in [0.25, 0.3) is 0 Å². The molecule has 1 saturated heterocycles. The van der Waals surface area contributed by atoms with Gasteiger partial charge in [0.1, 0.15) is 5.72 Å². The Balaban J connectivity index is 2.63. The second-order valence-corrected chi connectivity index (χ2v) is 5.06. The zero-order chi connectivity index (χ0) is 7.83. The van der Waals surface area contributed by atoms with Crippen LogP contribution in [0.4, 0.5) is 0 Å². The zero-order valence-electron chi connectivity index (χ0n) is 5.58. The van der Waals surface area contributed by atoms with E-state index in [0.29, 0.717) is 0 Å². The maximum absolute atomic E-state index is 10.8. The average Bonchev–Trinajstić information content (AvgIpc) is 1.79. The van der Waals surface area contributed by atoms with Gasteiger partial charge in [0.2, 0.25) is 0 Å². The zero-order valence-corrected chi connectivity index (χ0v) is 6.39. The van der Waals surface area contributed by atoms with Crippen LogP contribution in [0.3, 0.4) is 0 Å². The lowest BCUT2D eigenvalue weighted by Gasteiger charge is -2.26. The van der Waals surface area contributed by atoms with Crippen molar-refractivity contribution in [3.8, 4) is 0 Å². The topological polar surface area (TPSA) is 80.4 Å². The predicted molar refractivity (Wildman–Crippen MR) is 37.0 cm³/mol. The van der Waals surface area contributed by atoms with Crippen LogP contribution >= 0.6 is 0 Å². The quantitative estimate of drug-likeness (QED) is 0.444. The first kappa shape index (κ1) is 7.97. The SMILES string of the molecule is NC1(O)CCS(=O)(=O)CC1. The average molecular weight is 165 g/mol. The molecule has 1 aliphatic heterocycles. The van der Waals surface area contributed by atoms with Gasteiger partial charge >= 0.3 is 0 Å². The maximum Gasteiger partial charge on any atom is 0.150 e. The second kappa shape index (κ2) is 2.18. The molecule has 1 aliphatic rings. The molecule has 0 unspecified atom stereocenters. The third-order valence-electron chi connectivity index (χ3n) is 1.69. The van der Waals surface area contributed by atoms with Crippen LogP contribution in [0.5, 0.6) is 0 Å². The van der Waals surface area contributed by atoms with E-state index in [4.69, 9.17) is 10.8 Å². The molecule has 0 aromatic rings. The van der Waals surface area contributed by atoms with E-state index in [0.717, 1.165) is 0 Å². The summed E-state index contributed by atoms with van der Waals surface area (Å²) in [5.74, 6) is 0.0278. The number of aliphatic hydroxyl groups is 1. The van der Waals surface area contributed by atoms with Gasteiger partial charge in [-0.15, -0.1) is 0 Å². The monoisotopic (exact) mass is 165 g/mol. The first-order chi connectivity index (χ1) is 4.41. The minimum atomic E-state index is -2.89. The summed E-state index contributed by atoms with van der Waals surface area (Å²) in [6, 6.07) is 0. The van der Waals surface area contributed by atoms with Gasteiger partial charge in [-0.1, -0.05) is 0 Å². The normalized spacial score (nSPS) is 29.8. The van der Waals surface area contributed by atoms with Gasteiger partial charge < -0.3 is 10.8 Å². The number of sulfone groups is 1. The first-order valence-electron chi connectivity index (χ1n) is 3.13. The van der Waals surface area contributed by atoms with Crippen LogP contribution in [0.15, 0.2) is 0 Å². The summed E-state index contributed by atoms with van der Waals surface area (Å²) < 4.78 is 21.5. The van der Waals surface area contributed by atoms with Crippen molar-refractivity contribution in [1.82, 2.24) is 0 Å². The Hall–Kier alpha value is -0.130. The molecule has 0 spiro atoms. The molecule has 1 fully saturated rings. The van der Waals surface area contributed by atoms with Gasteiger partial charge in [-0.25, -0.2) is 8.42 Å². The van der Waals surface area contributed by atoms with E-state index in [-0.39, 0.29) is 24.3 Å². The fourth-order valence-electron chi connectivity index (χ4n) is 0.892. The van der Waals surface area contributed by atoms with Crippen molar-refractivity contribution in [3.63, 3.8) is 0 Å². The third-order valence-corrected chi connectivity index (χ3v) is 3.34. The second-order valence-electron chi connectivity index (χ2n) is 2.76. The maximum atomic E-state index is 10.8. The van der Waals surface area contributed by atoms with Gasteiger partial charge in [0.05, 0.1) is 11.5 Å². The van der Waals surface area contributed by atoms with Crippen molar-refractivity contribution in [3.05, 3.63) is 0 Å². The molecule has 0 amide bonds. The highest BCUT2D eigenvalue weighted by molar-refractivity contribution is 7.91. The Labute approximate surface area is 60.0 Å². The van der Waals surface area contributed by atoms with Crippen molar-refractivity contribution in [2.24, 2.45) is 5.73 Å². The number of hydrogen-bond donors (Lipinski definition) is 2. The molecule has 10 heavy (non-hydrogen) atoms. The van der Waals surface area contributed by atoms with Crippen LogP contribution in [-0.2, 0) is 9.84 Å². The van der Waals surface area contributed by atoms with Gasteiger partial charge in [-0.05, 0) is 0 Å². The highest BCUT2D eigenvalue weighted by Crippen LogP contribution is 2.17. The van der Waals surface area contributed by atoms with E-state index in [1.54, 1.807) is 0 Å². The molecule has 0 aromatic heterocycles. The van der Waals surface area contributed by atoms with Crippen molar-refractivity contribution < 1.29 is 13.5 Å². The molecule has 60 valence electrons. The largest absolute Gasteiger partial charge is 0.376 e.